The Morgan fingerprint density at radius 3 is 2.31 bits per heavy atom. The molecule has 1 aromatic carbocycles. The Balaban J connectivity index is 2.56. The number of aliphatic hydroxyl groups excluding tert-OH is 1. The Kier molecular flexibility index (Phi) is 5.39. The number of alkyl halides is 2. The van der Waals surface area contributed by atoms with Crippen LogP contribution in [0.2, 0.25) is 0 Å². The van der Waals surface area contributed by atoms with E-state index in [2.05, 4.69) is 6.92 Å². The first kappa shape index (κ1) is 13.1. The van der Waals surface area contributed by atoms with Crippen LogP contribution in [0.1, 0.15) is 43.4 Å². The molecule has 0 spiro atoms. The zero-order valence-corrected chi connectivity index (χ0v) is 9.50. The lowest BCUT2D eigenvalue weighted by molar-refractivity contribution is 0.0611. The lowest BCUT2D eigenvalue weighted by Crippen LogP contribution is -2.03. The molecule has 0 amide bonds. The summed E-state index contributed by atoms with van der Waals surface area (Å²) >= 11 is 0. The van der Waals surface area contributed by atoms with Gasteiger partial charge in [-0.25, -0.2) is 8.78 Å². The van der Waals surface area contributed by atoms with Crippen LogP contribution >= 0.6 is 0 Å². The average molecular weight is 228 g/mol. The summed E-state index contributed by atoms with van der Waals surface area (Å²) in [4.78, 5) is 0. The summed E-state index contributed by atoms with van der Waals surface area (Å²) in [6.45, 7) is 2.13. The first-order valence-electron chi connectivity index (χ1n) is 5.68. The average Bonchev–Trinajstić information content (AvgIpc) is 2.26. The van der Waals surface area contributed by atoms with Crippen molar-refractivity contribution in [3.8, 4) is 0 Å². The van der Waals surface area contributed by atoms with E-state index < -0.39 is 19.0 Å². The second kappa shape index (κ2) is 6.59. The van der Waals surface area contributed by atoms with Crippen molar-refractivity contribution in [2.45, 2.75) is 45.1 Å². The lowest BCUT2D eigenvalue weighted by atomic mass is 10.0. The van der Waals surface area contributed by atoms with Crippen LogP contribution in [-0.4, -0.2) is 11.5 Å². The van der Waals surface area contributed by atoms with E-state index in [1.807, 2.05) is 12.1 Å². The Morgan fingerprint density at radius 1 is 1.19 bits per heavy atom. The molecule has 0 aromatic heterocycles. The van der Waals surface area contributed by atoms with Crippen LogP contribution in [0.5, 0.6) is 0 Å². The Morgan fingerprint density at radius 2 is 1.81 bits per heavy atom. The van der Waals surface area contributed by atoms with Crippen molar-refractivity contribution in [3.63, 3.8) is 0 Å². The number of benzene rings is 1. The minimum Gasteiger partial charge on any atom is -0.388 e. The van der Waals surface area contributed by atoms with Crippen LogP contribution < -0.4 is 0 Å². The minimum absolute atomic E-state index is 0.492. The Labute approximate surface area is 95.1 Å². The summed E-state index contributed by atoms with van der Waals surface area (Å²) in [6.07, 6.45) is -0.750. The van der Waals surface area contributed by atoms with Crippen molar-refractivity contribution in [3.05, 3.63) is 35.4 Å². The molecule has 1 unspecified atom stereocenters. The van der Waals surface area contributed by atoms with Crippen LogP contribution in [0, 0.1) is 0 Å². The summed E-state index contributed by atoms with van der Waals surface area (Å²) < 4.78 is 24.1. The van der Waals surface area contributed by atoms with Gasteiger partial charge in [-0.15, -0.1) is 0 Å². The van der Waals surface area contributed by atoms with Gasteiger partial charge in [0.1, 0.15) is 0 Å². The van der Waals surface area contributed by atoms with Crippen LogP contribution in [0.3, 0.4) is 0 Å². The SMILES string of the molecule is CCCCc1ccc(C(O)CC(F)F)cc1. The highest BCUT2D eigenvalue weighted by Crippen LogP contribution is 2.21. The highest BCUT2D eigenvalue weighted by atomic mass is 19.3. The molecule has 1 nitrogen and oxygen atoms in total. The maximum Gasteiger partial charge on any atom is 0.241 e. The van der Waals surface area contributed by atoms with E-state index in [0.29, 0.717) is 5.56 Å². The van der Waals surface area contributed by atoms with E-state index in [1.165, 1.54) is 5.56 Å². The first-order valence-corrected chi connectivity index (χ1v) is 5.68. The fourth-order valence-corrected chi connectivity index (χ4v) is 1.59. The van der Waals surface area contributed by atoms with Gasteiger partial charge < -0.3 is 5.11 Å². The summed E-state index contributed by atoms with van der Waals surface area (Å²) in [6, 6.07) is 7.27. The Bertz CT molecular complexity index is 295. The molecule has 1 aromatic rings. The molecule has 0 saturated heterocycles. The molecule has 0 saturated carbocycles. The molecule has 0 bridgehead atoms. The third-order valence-electron chi connectivity index (χ3n) is 2.58. The van der Waals surface area contributed by atoms with Gasteiger partial charge in [0.2, 0.25) is 6.43 Å². The second-order valence-electron chi connectivity index (χ2n) is 3.99. The zero-order valence-electron chi connectivity index (χ0n) is 9.50. The van der Waals surface area contributed by atoms with E-state index in [4.69, 9.17) is 0 Å². The van der Waals surface area contributed by atoms with Crippen LogP contribution in [0.4, 0.5) is 8.78 Å². The number of rotatable bonds is 6. The predicted molar refractivity (Wildman–Crippen MR) is 60.6 cm³/mol. The van der Waals surface area contributed by atoms with E-state index in [0.717, 1.165) is 19.3 Å². The lowest BCUT2D eigenvalue weighted by Gasteiger charge is -2.10. The van der Waals surface area contributed by atoms with Crippen LogP contribution in [0.25, 0.3) is 0 Å². The predicted octanol–water partition coefficient (Wildman–Crippen LogP) is 3.72. The van der Waals surface area contributed by atoms with Crippen molar-refractivity contribution in [2.75, 3.05) is 0 Å². The van der Waals surface area contributed by atoms with Gasteiger partial charge in [-0.2, -0.15) is 0 Å². The van der Waals surface area contributed by atoms with E-state index in [9.17, 15) is 13.9 Å². The summed E-state index contributed by atoms with van der Waals surface area (Å²) in [5.74, 6) is 0. The standard InChI is InChI=1S/C13H18F2O/c1-2-3-4-10-5-7-11(8-6-10)12(16)9-13(14)15/h5-8,12-13,16H,2-4,9H2,1H3. The summed E-state index contributed by atoms with van der Waals surface area (Å²) in [7, 11) is 0. The highest BCUT2D eigenvalue weighted by Gasteiger charge is 2.13. The number of aryl methyl sites for hydroxylation is 1. The highest BCUT2D eigenvalue weighted by molar-refractivity contribution is 5.24. The molecule has 0 fully saturated rings. The van der Waals surface area contributed by atoms with Gasteiger partial charge in [-0.1, -0.05) is 37.6 Å². The molecule has 16 heavy (non-hydrogen) atoms. The van der Waals surface area contributed by atoms with Crippen LogP contribution in [-0.2, 0) is 6.42 Å². The summed E-state index contributed by atoms with van der Waals surface area (Å²) in [5, 5.41) is 9.48. The molecule has 0 radical (unpaired) electrons. The number of hydrogen-bond donors (Lipinski definition) is 1. The van der Waals surface area contributed by atoms with Crippen molar-refractivity contribution in [1.29, 1.82) is 0 Å². The van der Waals surface area contributed by atoms with Crippen molar-refractivity contribution in [2.24, 2.45) is 0 Å². The molecule has 0 aliphatic carbocycles. The van der Waals surface area contributed by atoms with Gasteiger partial charge in [0.15, 0.2) is 0 Å². The smallest absolute Gasteiger partial charge is 0.241 e. The molecule has 0 aliphatic heterocycles. The van der Waals surface area contributed by atoms with Gasteiger partial charge in [-0.3, -0.25) is 0 Å². The van der Waals surface area contributed by atoms with E-state index in [-0.39, 0.29) is 0 Å². The van der Waals surface area contributed by atoms with Crippen molar-refractivity contribution < 1.29 is 13.9 Å². The maximum atomic E-state index is 12.1. The molecule has 1 rings (SSSR count). The second-order valence-corrected chi connectivity index (χ2v) is 3.99. The number of unbranched alkanes of at least 4 members (excludes halogenated alkanes) is 1. The normalized spacial score (nSPS) is 13.1. The molecule has 0 aliphatic rings. The Hall–Kier alpha value is -0.960. The topological polar surface area (TPSA) is 20.2 Å². The van der Waals surface area contributed by atoms with Crippen molar-refractivity contribution >= 4 is 0 Å². The van der Waals surface area contributed by atoms with Gasteiger partial charge in [0, 0.05) is 6.42 Å². The monoisotopic (exact) mass is 228 g/mol. The fourth-order valence-electron chi connectivity index (χ4n) is 1.59. The molecule has 3 heteroatoms. The molecule has 90 valence electrons. The third-order valence-corrected chi connectivity index (χ3v) is 2.58. The number of hydrogen-bond acceptors (Lipinski definition) is 1. The van der Waals surface area contributed by atoms with E-state index in [1.54, 1.807) is 12.1 Å². The molecular formula is C13H18F2O. The molecule has 1 N–H and O–H groups in total. The van der Waals surface area contributed by atoms with Gasteiger partial charge in [0.05, 0.1) is 6.10 Å². The van der Waals surface area contributed by atoms with E-state index >= 15 is 0 Å². The number of aliphatic hydroxyl groups is 1. The molecular weight excluding hydrogens is 210 g/mol. The fraction of sp³-hybridized carbons (Fsp3) is 0.538. The quantitative estimate of drug-likeness (QED) is 0.786. The minimum atomic E-state index is -2.46. The maximum absolute atomic E-state index is 12.1. The first-order chi connectivity index (χ1) is 7.63. The molecule has 0 heterocycles. The van der Waals surface area contributed by atoms with Crippen molar-refractivity contribution in [1.82, 2.24) is 0 Å². The van der Waals surface area contributed by atoms with Gasteiger partial charge >= 0.3 is 0 Å². The van der Waals surface area contributed by atoms with Crippen LogP contribution in [0.15, 0.2) is 24.3 Å². The third kappa shape index (κ3) is 4.27. The zero-order chi connectivity index (χ0) is 12.0. The van der Waals surface area contributed by atoms with Gasteiger partial charge in [0.25, 0.3) is 0 Å². The van der Waals surface area contributed by atoms with Gasteiger partial charge in [-0.05, 0) is 24.0 Å². The largest absolute Gasteiger partial charge is 0.388 e. The summed E-state index contributed by atoms with van der Waals surface area (Å²) in [5.41, 5.74) is 1.76. The number of halogens is 2. The molecule has 1 atom stereocenters.